The topological polar surface area (TPSA) is 70.1 Å². The van der Waals surface area contributed by atoms with E-state index in [1.807, 2.05) is 43.9 Å². The fourth-order valence-electron chi connectivity index (χ4n) is 6.05. The van der Waals surface area contributed by atoms with E-state index in [4.69, 9.17) is 9.84 Å². The number of nitrogens with zero attached hydrogens (tertiary/aromatic N) is 2. The SMILES string of the molecule is CCOc1cc(CN2CCC3(CC2)CC(=O)N(c2ccc(C(=O)O)cc2)C3)cc(C)c1-c1ccc(C)cc1F. The predicted molar refractivity (Wildman–Crippen MR) is 150 cm³/mol. The third-order valence-electron chi connectivity index (χ3n) is 8.12. The van der Waals surface area contributed by atoms with Crippen molar-refractivity contribution >= 4 is 17.6 Å². The number of aryl methyl sites for hydroxylation is 2. The number of halogens is 1. The molecule has 0 unspecified atom stereocenters. The first-order chi connectivity index (χ1) is 18.7. The minimum atomic E-state index is -0.973. The van der Waals surface area contributed by atoms with Gasteiger partial charge in [-0.05, 0) is 105 Å². The highest BCUT2D eigenvalue weighted by molar-refractivity contribution is 5.97. The van der Waals surface area contributed by atoms with Crippen molar-refractivity contribution < 1.29 is 23.8 Å². The maximum atomic E-state index is 14.9. The van der Waals surface area contributed by atoms with Crippen LogP contribution >= 0.6 is 0 Å². The van der Waals surface area contributed by atoms with Gasteiger partial charge in [0.2, 0.25) is 5.91 Å². The molecule has 5 rings (SSSR count). The molecule has 3 aromatic rings. The summed E-state index contributed by atoms with van der Waals surface area (Å²) < 4.78 is 20.8. The highest BCUT2D eigenvalue weighted by Gasteiger charge is 2.45. The molecule has 0 bridgehead atoms. The molecule has 2 fully saturated rings. The van der Waals surface area contributed by atoms with Crippen molar-refractivity contribution in [3.63, 3.8) is 0 Å². The standard InChI is InChI=1S/C32H35FN2O4/c1-4-39-28-17-23(16-22(3)30(28)26-10-5-21(2)15-27(26)33)19-34-13-11-32(12-14-34)18-29(36)35(20-32)25-8-6-24(7-9-25)31(37)38/h5-10,15-17H,4,11-14,18-20H2,1-3H3,(H,37,38). The monoisotopic (exact) mass is 530 g/mol. The molecule has 1 amide bonds. The first kappa shape index (κ1) is 26.9. The van der Waals surface area contributed by atoms with Crippen LogP contribution in [0, 0.1) is 25.1 Å². The van der Waals surface area contributed by atoms with Gasteiger partial charge in [-0.25, -0.2) is 9.18 Å². The van der Waals surface area contributed by atoms with Crippen molar-refractivity contribution in [1.29, 1.82) is 0 Å². The van der Waals surface area contributed by atoms with E-state index in [2.05, 4.69) is 11.0 Å². The highest BCUT2D eigenvalue weighted by Crippen LogP contribution is 2.43. The van der Waals surface area contributed by atoms with Crippen LogP contribution in [0.1, 0.15) is 53.2 Å². The second-order valence-corrected chi connectivity index (χ2v) is 11.0. The minimum absolute atomic E-state index is 0.0573. The Morgan fingerprint density at radius 1 is 1.05 bits per heavy atom. The lowest BCUT2D eigenvalue weighted by Gasteiger charge is -2.39. The highest BCUT2D eigenvalue weighted by atomic mass is 19.1. The van der Waals surface area contributed by atoms with Gasteiger partial charge in [-0.15, -0.1) is 0 Å². The fraction of sp³-hybridized carbons (Fsp3) is 0.375. The Morgan fingerprint density at radius 2 is 1.77 bits per heavy atom. The number of ether oxygens (including phenoxy) is 1. The number of benzene rings is 3. The average molecular weight is 531 g/mol. The van der Waals surface area contributed by atoms with Gasteiger partial charge in [0.05, 0.1) is 12.2 Å². The molecule has 0 radical (unpaired) electrons. The molecule has 3 aromatic carbocycles. The number of amides is 1. The zero-order valence-corrected chi connectivity index (χ0v) is 22.8. The Balaban J connectivity index is 1.27. The van der Waals surface area contributed by atoms with E-state index in [0.717, 1.165) is 60.4 Å². The van der Waals surface area contributed by atoms with Crippen LogP contribution in [0.3, 0.4) is 0 Å². The molecular weight excluding hydrogens is 495 g/mol. The average Bonchev–Trinajstić information content (AvgIpc) is 3.22. The Hall–Kier alpha value is -3.71. The molecule has 0 aromatic heterocycles. The summed E-state index contributed by atoms with van der Waals surface area (Å²) in [5, 5.41) is 9.16. The second-order valence-electron chi connectivity index (χ2n) is 11.0. The summed E-state index contributed by atoms with van der Waals surface area (Å²) in [6, 6.07) is 16.0. The van der Waals surface area contributed by atoms with Crippen molar-refractivity contribution in [2.75, 3.05) is 31.1 Å². The van der Waals surface area contributed by atoms with E-state index in [1.54, 1.807) is 30.3 Å². The Kier molecular flexibility index (Phi) is 7.45. The molecule has 0 saturated carbocycles. The molecule has 6 nitrogen and oxygen atoms in total. The van der Waals surface area contributed by atoms with Crippen LogP contribution in [0.25, 0.3) is 11.1 Å². The molecule has 204 valence electrons. The summed E-state index contributed by atoms with van der Waals surface area (Å²) in [6.07, 6.45) is 2.37. The van der Waals surface area contributed by atoms with E-state index in [-0.39, 0.29) is 22.7 Å². The van der Waals surface area contributed by atoms with Gasteiger partial charge in [-0.3, -0.25) is 9.69 Å². The lowest BCUT2D eigenvalue weighted by atomic mass is 9.77. The van der Waals surface area contributed by atoms with Crippen LogP contribution < -0.4 is 9.64 Å². The van der Waals surface area contributed by atoms with Crippen molar-refractivity contribution in [3.8, 4) is 16.9 Å². The van der Waals surface area contributed by atoms with Crippen LogP contribution in [0.5, 0.6) is 5.75 Å². The number of hydrogen-bond donors (Lipinski definition) is 1. The Bertz CT molecular complexity index is 1390. The van der Waals surface area contributed by atoms with Gasteiger partial charge in [0.25, 0.3) is 0 Å². The maximum Gasteiger partial charge on any atom is 0.335 e. The van der Waals surface area contributed by atoms with E-state index < -0.39 is 5.97 Å². The lowest BCUT2D eigenvalue weighted by molar-refractivity contribution is -0.118. The van der Waals surface area contributed by atoms with Gasteiger partial charge in [0, 0.05) is 36.3 Å². The summed E-state index contributed by atoms with van der Waals surface area (Å²) in [7, 11) is 0. The van der Waals surface area contributed by atoms with Crippen LogP contribution in [-0.4, -0.2) is 48.1 Å². The maximum absolute atomic E-state index is 14.9. The predicted octanol–water partition coefficient (Wildman–Crippen LogP) is 6.23. The zero-order chi connectivity index (χ0) is 27.7. The number of likely N-dealkylation sites (tertiary alicyclic amines) is 1. The van der Waals surface area contributed by atoms with Gasteiger partial charge < -0.3 is 14.7 Å². The Morgan fingerprint density at radius 3 is 2.41 bits per heavy atom. The van der Waals surface area contributed by atoms with Crippen molar-refractivity contribution in [2.45, 2.75) is 46.6 Å². The molecule has 2 saturated heterocycles. The van der Waals surface area contributed by atoms with Crippen molar-refractivity contribution in [3.05, 3.63) is 82.7 Å². The number of aromatic carboxylic acids is 1. The number of carbonyl (C=O) groups is 2. The van der Waals surface area contributed by atoms with E-state index in [9.17, 15) is 14.0 Å². The van der Waals surface area contributed by atoms with E-state index in [0.29, 0.717) is 30.9 Å². The molecule has 2 heterocycles. The number of carbonyl (C=O) groups excluding carboxylic acids is 1. The van der Waals surface area contributed by atoms with Crippen LogP contribution in [0.2, 0.25) is 0 Å². The molecule has 1 spiro atoms. The van der Waals surface area contributed by atoms with Gasteiger partial charge in [-0.1, -0.05) is 18.2 Å². The number of carboxylic acid groups (broad SMARTS) is 1. The molecule has 7 heteroatoms. The first-order valence-corrected chi connectivity index (χ1v) is 13.6. The van der Waals surface area contributed by atoms with Crippen molar-refractivity contribution in [2.24, 2.45) is 5.41 Å². The molecule has 1 N–H and O–H groups in total. The van der Waals surface area contributed by atoms with Crippen LogP contribution in [-0.2, 0) is 11.3 Å². The summed E-state index contributed by atoms with van der Waals surface area (Å²) in [4.78, 5) is 28.3. The number of piperidine rings is 1. The van der Waals surface area contributed by atoms with E-state index in [1.165, 1.54) is 0 Å². The molecule has 0 aliphatic carbocycles. The van der Waals surface area contributed by atoms with Gasteiger partial charge in [0.1, 0.15) is 11.6 Å². The molecule has 2 aliphatic rings. The van der Waals surface area contributed by atoms with Gasteiger partial charge in [-0.2, -0.15) is 0 Å². The number of hydrogen-bond acceptors (Lipinski definition) is 4. The number of anilines is 1. The summed E-state index contributed by atoms with van der Waals surface area (Å²) in [5.41, 5.74) is 5.27. The smallest absolute Gasteiger partial charge is 0.335 e. The summed E-state index contributed by atoms with van der Waals surface area (Å²) in [5.74, 6) is -0.415. The number of rotatable bonds is 7. The molecule has 39 heavy (non-hydrogen) atoms. The summed E-state index contributed by atoms with van der Waals surface area (Å²) in [6.45, 7) is 9.53. The fourth-order valence-corrected chi connectivity index (χ4v) is 6.05. The zero-order valence-electron chi connectivity index (χ0n) is 22.8. The van der Waals surface area contributed by atoms with Crippen LogP contribution in [0.4, 0.5) is 10.1 Å². The van der Waals surface area contributed by atoms with E-state index >= 15 is 0 Å². The molecular formula is C32H35FN2O4. The third kappa shape index (κ3) is 5.55. The van der Waals surface area contributed by atoms with Crippen molar-refractivity contribution in [1.82, 2.24) is 4.90 Å². The minimum Gasteiger partial charge on any atom is -0.493 e. The Labute approximate surface area is 229 Å². The third-order valence-corrected chi connectivity index (χ3v) is 8.12. The van der Waals surface area contributed by atoms with Gasteiger partial charge in [0.15, 0.2) is 0 Å². The largest absolute Gasteiger partial charge is 0.493 e. The molecule has 0 atom stereocenters. The normalized spacial score (nSPS) is 17.1. The van der Waals surface area contributed by atoms with Crippen LogP contribution in [0.15, 0.2) is 54.6 Å². The number of carboxylic acids is 1. The quantitative estimate of drug-likeness (QED) is 0.392. The first-order valence-electron chi connectivity index (χ1n) is 13.6. The lowest BCUT2D eigenvalue weighted by Crippen LogP contribution is -2.41. The summed E-state index contributed by atoms with van der Waals surface area (Å²) >= 11 is 0. The molecule has 2 aliphatic heterocycles. The second kappa shape index (κ2) is 10.8. The van der Waals surface area contributed by atoms with Gasteiger partial charge >= 0.3 is 5.97 Å².